The summed E-state index contributed by atoms with van der Waals surface area (Å²) in [6, 6.07) is 8.35. The van der Waals surface area contributed by atoms with Crippen LogP contribution < -0.4 is 10.1 Å². The summed E-state index contributed by atoms with van der Waals surface area (Å²) < 4.78 is 5.65. The van der Waals surface area contributed by atoms with Gasteiger partial charge in [-0.15, -0.1) is 11.6 Å². The molecule has 2 nitrogen and oxygen atoms in total. The average Bonchev–Trinajstić information content (AvgIpc) is 2.34. The van der Waals surface area contributed by atoms with E-state index in [-0.39, 0.29) is 5.38 Å². The molecule has 0 amide bonds. The predicted molar refractivity (Wildman–Crippen MR) is 72.1 cm³/mol. The van der Waals surface area contributed by atoms with Gasteiger partial charge in [0, 0.05) is 17.8 Å². The molecule has 1 aliphatic rings. The Hall–Kier alpha value is -0.730. The van der Waals surface area contributed by atoms with Crippen molar-refractivity contribution in [3.05, 3.63) is 29.8 Å². The van der Waals surface area contributed by atoms with E-state index < -0.39 is 0 Å². The molecular weight excluding hydrogens is 234 g/mol. The summed E-state index contributed by atoms with van der Waals surface area (Å²) >= 11 is 5.92. The van der Waals surface area contributed by atoms with Gasteiger partial charge in [0.05, 0.1) is 6.61 Å². The van der Waals surface area contributed by atoms with Crippen LogP contribution in [-0.2, 0) is 0 Å². The van der Waals surface area contributed by atoms with Gasteiger partial charge in [-0.25, -0.2) is 0 Å². The Labute approximate surface area is 108 Å². The molecule has 1 heterocycles. The topological polar surface area (TPSA) is 21.3 Å². The lowest BCUT2D eigenvalue weighted by Gasteiger charge is -2.26. The molecule has 0 aliphatic carbocycles. The molecule has 0 saturated heterocycles. The van der Waals surface area contributed by atoms with Crippen LogP contribution in [0.15, 0.2) is 24.3 Å². The smallest absolute Gasteiger partial charge is 0.122 e. The molecule has 0 aromatic heterocycles. The Morgan fingerprint density at radius 1 is 1.47 bits per heavy atom. The van der Waals surface area contributed by atoms with Crippen molar-refractivity contribution in [3.8, 4) is 5.75 Å². The fraction of sp³-hybridized carbons (Fsp3) is 0.571. The number of alkyl halides is 1. The Morgan fingerprint density at radius 3 is 3.12 bits per heavy atom. The first-order valence-corrected chi connectivity index (χ1v) is 6.77. The lowest BCUT2D eigenvalue weighted by Crippen LogP contribution is -2.27. The first-order valence-electron chi connectivity index (χ1n) is 6.34. The average molecular weight is 254 g/mol. The number of hydrogen-bond donors (Lipinski definition) is 1. The van der Waals surface area contributed by atoms with Crippen molar-refractivity contribution >= 4 is 11.6 Å². The fourth-order valence-corrected chi connectivity index (χ4v) is 2.31. The van der Waals surface area contributed by atoms with Crippen molar-refractivity contribution < 1.29 is 4.74 Å². The maximum atomic E-state index is 5.92. The molecule has 0 radical (unpaired) electrons. The van der Waals surface area contributed by atoms with Crippen LogP contribution in [0.2, 0.25) is 0 Å². The molecule has 94 valence electrons. The van der Waals surface area contributed by atoms with Crippen molar-refractivity contribution in [3.63, 3.8) is 0 Å². The number of benzene rings is 1. The third kappa shape index (κ3) is 3.62. The van der Waals surface area contributed by atoms with Gasteiger partial charge in [-0.1, -0.05) is 18.2 Å². The van der Waals surface area contributed by atoms with Gasteiger partial charge in [-0.3, -0.25) is 0 Å². The summed E-state index contributed by atoms with van der Waals surface area (Å²) in [4.78, 5) is 0. The third-order valence-electron chi connectivity index (χ3n) is 3.19. The van der Waals surface area contributed by atoms with E-state index in [1.807, 2.05) is 13.0 Å². The van der Waals surface area contributed by atoms with E-state index in [1.54, 1.807) is 0 Å². The number of halogens is 1. The van der Waals surface area contributed by atoms with Gasteiger partial charge in [-0.2, -0.15) is 0 Å². The Morgan fingerprint density at radius 2 is 2.29 bits per heavy atom. The van der Waals surface area contributed by atoms with Crippen molar-refractivity contribution in [2.45, 2.75) is 31.1 Å². The largest absolute Gasteiger partial charge is 0.493 e. The van der Waals surface area contributed by atoms with Gasteiger partial charge in [0.1, 0.15) is 5.75 Å². The SMILES string of the molecule is CC(Cl)CCNCC1CCOc2ccccc21. The maximum Gasteiger partial charge on any atom is 0.122 e. The molecule has 2 rings (SSSR count). The summed E-state index contributed by atoms with van der Waals surface area (Å²) in [5, 5.41) is 3.74. The zero-order valence-electron chi connectivity index (χ0n) is 10.3. The maximum absolute atomic E-state index is 5.92. The van der Waals surface area contributed by atoms with Crippen LogP contribution in [0.25, 0.3) is 0 Å². The summed E-state index contributed by atoms with van der Waals surface area (Å²) in [6.45, 7) is 4.87. The van der Waals surface area contributed by atoms with Crippen molar-refractivity contribution in [2.24, 2.45) is 0 Å². The lowest BCUT2D eigenvalue weighted by atomic mass is 9.93. The molecule has 1 aromatic carbocycles. The highest BCUT2D eigenvalue weighted by Crippen LogP contribution is 2.32. The molecule has 2 unspecified atom stereocenters. The number of rotatable bonds is 5. The summed E-state index contributed by atoms with van der Waals surface area (Å²) in [5.41, 5.74) is 1.34. The number of hydrogen-bond acceptors (Lipinski definition) is 2. The van der Waals surface area contributed by atoms with Crippen molar-refractivity contribution in [1.29, 1.82) is 0 Å². The van der Waals surface area contributed by atoms with E-state index in [4.69, 9.17) is 16.3 Å². The minimum atomic E-state index is 0.254. The second-order valence-electron chi connectivity index (χ2n) is 4.65. The zero-order valence-corrected chi connectivity index (χ0v) is 11.0. The molecule has 2 atom stereocenters. The molecule has 0 fully saturated rings. The van der Waals surface area contributed by atoms with Crippen LogP contribution in [0.5, 0.6) is 5.75 Å². The van der Waals surface area contributed by atoms with Crippen molar-refractivity contribution in [2.75, 3.05) is 19.7 Å². The van der Waals surface area contributed by atoms with Gasteiger partial charge >= 0.3 is 0 Å². The zero-order chi connectivity index (χ0) is 12.1. The first kappa shape index (κ1) is 12.7. The minimum absolute atomic E-state index is 0.254. The molecule has 0 bridgehead atoms. The first-order chi connectivity index (χ1) is 8.27. The second-order valence-corrected chi connectivity index (χ2v) is 5.39. The van der Waals surface area contributed by atoms with E-state index in [2.05, 4.69) is 23.5 Å². The molecule has 1 aliphatic heterocycles. The second kappa shape index (κ2) is 6.27. The van der Waals surface area contributed by atoms with Crippen LogP contribution in [-0.4, -0.2) is 25.1 Å². The highest BCUT2D eigenvalue weighted by atomic mass is 35.5. The Bertz CT molecular complexity index is 354. The minimum Gasteiger partial charge on any atom is -0.493 e. The summed E-state index contributed by atoms with van der Waals surface area (Å²) in [7, 11) is 0. The van der Waals surface area contributed by atoms with Crippen LogP contribution in [0.3, 0.4) is 0 Å². The molecule has 17 heavy (non-hydrogen) atoms. The van der Waals surface area contributed by atoms with E-state index in [0.29, 0.717) is 5.92 Å². The third-order valence-corrected chi connectivity index (χ3v) is 3.41. The fourth-order valence-electron chi connectivity index (χ4n) is 2.21. The van der Waals surface area contributed by atoms with Gasteiger partial charge in [0.15, 0.2) is 0 Å². The number of ether oxygens (including phenoxy) is 1. The van der Waals surface area contributed by atoms with Gasteiger partial charge in [-0.05, 0) is 37.9 Å². The number of para-hydroxylation sites is 1. The molecule has 1 aromatic rings. The van der Waals surface area contributed by atoms with E-state index in [0.717, 1.165) is 38.3 Å². The van der Waals surface area contributed by atoms with Gasteiger partial charge in [0.2, 0.25) is 0 Å². The number of fused-ring (bicyclic) bond motifs is 1. The normalized spacial score (nSPS) is 20.5. The van der Waals surface area contributed by atoms with Crippen LogP contribution in [0, 0.1) is 0 Å². The highest BCUT2D eigenvalue weighted by Gasteiger charge is 2.20. The van der Waals surface area contributed by atoms with Gasteiger partial charge < -0.3 is 10.1 Å². The Balaban J connectivity index is 1.86. The van der Waals surface area contributed by atoms with E-state index >= 15 is 0 Å². The van der Waals surface area contributed by atoms with Gasteiger partial charge in [0.25, 0.3) is 0 Å². The standard InChI is InChI=1S/C14H20ClNO/c1-11(15)6-8-16-10-12-7-9-17-14-5-3-2-4-13(12)14/h2-5,11-12,16H,6-10H2,1H3. The van der Waals surface area contributed by atoms with Crippen LogP contribution >= 0.6 is 11.6 Å². The van der Waals surface area contributed by atoms with Crippen LogP contribution in [0.4, 0.5) is 0 Å². The number of nitrogens with one attached hydrogen (secondary N) is 1. The van der Waals surface area contributed by atoms with E-state index in [1.165, 1.54) is 5.56 Å². The summed E-state index contributed by atoms with van der Waals surface area (Å²) in [5.74, 6) is 1.63. The van der Waals surface area contributed by atoms with E-state index in [9.17, 15) is 0 Å². The van der Waals surface area contributed by atoms with Crippen LogP contribution in [0.1, 0.15) is 31.2 Å². The molecule has 0 spiro atoms. The molecule has 3 heteroatoms. The Kier molecular flexibility index (Phi) is 4.69. The quantitative estimate of drug-likeness (QED) is 0.643. The summed E-state index contributed by atoms with van der Waals surface area (Å²) in [6.07, 6.45) is 2.12. The van der Waals surface area contributed by atoms with Crippen molar-refractivity contribution in [1.82, 2.24) is 5.32 Å². The predicted octanol–water partition coefficient (Wildman–Crippen LogP) is 3.16. The monoisotopic (exact) mass is 253 g/mol. The molecule has 1 N–H and O–H groups in total. The molecular formula is C14H20ClNO. The molecule has 0 saturated carbocycles. The highest BCUT2D eigenvalue weighted by molar-refractivity contribution is 6.20. The lowest BCUT2D eigenvalue weighted by molar-refractivity contribution is 0.264.